The molecule has 1 aliphatic rings. The lowest BCUT2D eigenvalue weighted by Crippen LogP contribution is -2.33. The van der Waals surface area contributed by atoms with Crippen LogP contribution < -0.4 is 5.32 Å². The summed E-state index contributed by atoms with van der Waals surface area (Å²) in [5.41, 5.74) is 0.879. The predicted octanol–water partition coefficient (Wildman–Crippen LogP) is 3.41. The average molecular weight is 242 g/mol. The van der Waals surface area contributed by atoms with Crippen molar-refractivity contribution in [3.63, 3.8) is 0 Å². The molecule has 1 nitrogen and oxygen atoms in total. The van der Waals surface area contributed by atoms with Gasteiger partial charge in [-0.3, -0.25) is 0 Å². The summed E-state index contributed by atoms with van der Waals surface area (Å²) in [4.78, 5) is 0. The first-order chi connectivity index (χ1) is 7.59. The van der Waals surface area contributed by atoms with Gasteiger partial charge in [0, 0.05) is 16.6 Å². The van der Waals surface area contributed by atoms with Crippen LogP contribution in [0.1, 0.15) is 25.3 Å². The van der Waals surface area contributed by atoms with Crippen molar-refractivity contribution < 1.29 is 4.39 Å². The van der Waals surface area contributed by atoms with E-state index in [-0.39, 0.29) is 11.2 Å². The van der Waals surface area contributed by atoms with Crippen molar-refractivity contribution in [1.29, 1.82) is 0 Å². The fourth-order valence-corrected chi connectivity index (χ4v) is 2.51. The van der Waals surface area contributed by atoms with Gasteiger partial charge in [-0.1, -0.05) is 17.7 Å². The fraction of sp³-hybridized carbons (Fsp3) is 0.538. The summed E-state index contributed by atoms with van der Waals surface area (Å²) in [5.74, 6) is -0.179. The van der Waals surface area contributed by atoms with Crippen molar-refractivity contribution in [3.8, 4) is 0 Å². The molecule has 1 aromatic rings. The highest BCUT2D eigenvalue weighted by Crippen LogP contribution is 2.52. The first-order valence-corrected chi connectivity index (χ1v) is 6.07. The molecule has 3 heteroatoms. The van der Waals surface area contributed by atoms with Crippen LogP contribution in [0.5, 0.6) is 0 Å². The molecule has 0 bridgehead atoms. The van der Waals surface area contributed by atoms with Gasteiger partial charge in [-0.2, -0.15) is 0 Å². The highest BCUT2D eigenvalue weighted by molar-refractivity contribution is 6.31. The van der Waals surface area contributed by atoms with Crippen molar-refractivity contribution in [1.82, 2.24) is 5.32 Å². The molecule has 0 saturated heterocycles. The summed E-state index contributed by atoms with van der Waals surface area (Å²) < 4.78 is 13.7. The summed E-state index contributed by atoms with van der Waals surface area (Å²) in [6, 6.07) is 5.31. The van der Waals surface area contributed by atoms with Crippen LogP contribution in [-0.2, 0) is 6.42 Å². The zero-order valence-corrected chi connectivity index (χ0v) is 10.4. The molecular weight excluding hydrogens is 225 g/mol. The summed E-state index contributed by atoms with van der Waals surface area (Å²) in [7, 11) is 1.95. The third kappa shape index (κ3) is 2.09. The molecular formula is C13H17ClFN. The van der Waals surface area contributed by atoms with Crippen molar-refractivity contribution in [2.24, 2.45) is 5.41 Å². The van der Waals surface area contributed by atoms with Crippen LogP contribution in [0.25, 0.3) is 0 Å². The highest BCUT2D eigenvalue weighted by Gasteiger charge is 2.47. The lowest BCUT2D eigenvalue weighted by molar-refractivity contribution is 0.365. The topological polar surface area (TPSA) is 12.0 Å². The fourth-order valence-electron chi connectivity index (χ4n) is 2.28. The smallest absolute Gasteiger partial charge is 0.127 e. The van der Waals surface area contributed by atoms with E-state index in [0.717, 1.165) is 19.3 Å². The van der Waals surface area contributed by atoms with Crippen LogP contribution in [-0.4, -0.2) is 13.1 Å². The van der Waals surface area contributed by atoms with Gasteiger partial charge in [-0.15, -0.1) is 0 Å². The minimum Gasteiger partial charge on any atom is -0.317 e. The Labute approximate surface area is 101 Å². The summed E-state index contributed by atoms with van der Waals surface area (Å²) in [6.45, 7) is 2.15. The van der Waals surface area contributed by atoms with Crippen LogP contribution in [0.4, 0.5) is 4.39 Å². The van der Waals surface area contributed by atoms with E-state index in [0.29, 0.717) is 16.6 Å². The second-order valence-electron chi connectivity index (χ2n) is 4.75. The van der Waals surface area contributed by atoms with Gasteiger partial charge in [0.05, 0.1) is 0 Å². The molecule has 2 rings (SSSR count). The molecule has 1 aromatic carbocycles. The van der Waals surface area contributed by atoms with Crippen molar-refractivity contribution in [2.45, 2.75) is 32.2 Å². The molecule has 0 aromatic heterocycles. The van der Waals surface area contributed by atoms with Crippen LogP contribution >= 0.6 is 11.6 Å². The number of nitrogens with one attached hydrogen (secondary N) is 1. The zero-order valence-electron chi connectivity index (χ0n) is 9.69. The Balaban J connectivity index is 2.21. The van der Waals surface area contributed by atoms with E-state index in [1.54, 1.807) is 12.1 Å². The lowest BCUT2D eigenvalue weighted by atomic mass is 9.89. The summed E-state index contributed by atoms with van der Waals surface area (Å²) >= 11 is 6.05. The number of hydrogen-bond acceptors (Lipinski definition) is 1. The van der Waals surface area contributed by atoms with Gasteiger partial charge in [-0.05, 0) is 50.8 Å². The second-order valence-corrected chi connectivity index (χ2v) is 5.16. The van der Waals surface area contributed by atoms with Crippen molar-refractivity contribution in [2.75, 3.05) is 7.05 Å². The molecule has 1 aliphatic carbocycles. The molecule has 1 atom stereocenters. The molecule has 1 fully saturated rings. The van der Waals surface area contributed by atoms with Gasteiger partial charge >= 0.3 is 0 Å². The molecule has 1 unspecified atom stereocenters. The number of benzene rings is 1. The van der Waals surface area contributed by atoms with Crippen LogP contribution in [0.2, 0.25) is 5.02 Å². The van der Waals surface area contributed by atoms with E-state index < -0.39 is 0 Å². The number of halogens is 2. The van der Waals surface area contributed by atoms with Gasteiger partial charge in [0.15, 0.2) is 0 Å². The van der Waals surface area contributed by atoms with E-state index >= 15 is 0 Å². The Kier molecular flexibility index (Phi) is 3.22. The van der Waals surface area contributed by atoms with E-state index in [9.17, 15) is 4.39 Å². The first-order valence-electron chi connectivity index (χ1n) is 5.69. The van der Waals surface area contributed by atoms with Gasteiger partial charge in [0.1, 0.15) is 5.82 Å². The Hall–Kier alpha value is -0.600. The lowest BCUT2D eigenvalue weighted by Gasteiger charge is -2.23. The molecule has 0 radical (unpaired) electrons. The standard InChI is InChI=1S/C13H17ClFN/c1-9(16-2)13(6-7-13)8-10-11(14)4-3-5-12(10)15/h3-5,9,16H,6-8H2,1-2H3. The highest BCUT2D eigenvalue weighted by atomic mass is 35.5. The summed E-state index contributed by atoms with van der Waals surface area (Å²) in [6.07, 6.45) is 3.04. The molecule has 1 N–H and O–H groups in total. The Morgan fingerprint density at radius 1 is 1.50 bits per heavy atom. The average Bonchev–Trinajstić information content (AvgIpc) is 3.04. The predicted molar refractivity (Wildman–Crippen MR) is 65.3 cm³/mol. The maximum Gasteiger partial charge on any atom is 0.127 e. The molecule has 0 heterocycles. The maximum atomic E-state index is 13.7. The third-order valence-electron chi connectivity index (χ3n) is 3.83. The first kappa shape index (κ1) is 11.9. The number of hydrogen-bond donors (Lipinski definition) is 1. The van der Waals surface area contributed by atoms with Gasteiger partial charge < -0.3 is 5.32 Å². The molecule has 0 spiro atoms. The molecule has 16 heavy (non-hydrogen) atoms. The van der Waals surface area contributed by atoms with Gasteiger partial charge in [-0.25, -0.2) is 4.39 Å². The largest absolute Gasteiger partial charge is 0.317 e. The Bertz CT molecular complexity index is 367. The van der Waals surface area contributed by atoms with Gasteiger partial charge in [0.2, 0.25) is 0 Å². The molecule has 0 amide bonds. The van der Waals surface area contributed by atoms with E-state index in [1.165, 1.54) is 6.07 Å². The Morgan fingerprint density at radius 3 is 2.69 bits per heavy atom. The van der Waals surface area contributed by atoms with E-state index in [2.05, 4.69) is 12.2 Å². The maximum absolute atomic E-state index is 13.7. The normalized spacial score (nSPS) is 19.5. The van der Waals surface area contributed by atoms with Crippen LogP contribution in [0.3, 0.4) is 0 Å². The van der Waals surface area contributed by atoms with E-state index in [4.69, 9.17) is 11.6 Å². The van der Waals surface area contributed by atoms with Crippen LogP contribution in [0, 0.1) is 11.2 Å². The third-order valence-corrected chi connectivity index (χ3v) is 4.19. The van der Waals surface area contributed by atoms with Crippen molar-refractivity contribution in [3.05, 3.63) is 34.6 Å². The van der Waals surface area contributed by atoms with Crippen LogP contribution in [0.15, 0.2) is 18.2 Å². The second kappa shape index (κ2) is 4.34. The summed E-state index contributed by atoms with van der Waals surface area (Å²) in [5, 5.41) is 3.81. The number of rotatable bonds is 4. The van der Waals surface area contributed by atoms with E-state index in [1.807, 2.05) is 7.05 Å². The quantitative estimate of drug-likeness (QED) is 0.852. The molecule has 0 aliphatic heterocycles. The SMILES string of the molecule is CNC(C)C1(Cc2c(F)cccc2Cl)CC1. The monoisotopic (exact) mass is 241 g/mol. The minimum atomic E-state index is -0.179. The Morgan fingerprint density at radius 2 is 2.19 bits per heavy atom. The van der Waals surface area contributed by atoms with Gasteiger partial charge in [0.25, 0.3) is 0 Å². The molecule has 1 saturated carbocycles. The molecule has 88 valence electrons. The van der Waals surface area contributed by atoms with Crippen molar-refractivity contribution >= 4 is 11.6 Å². The zero-order chi connectivity index (χ0) is 11.8. The minimum absolute atomic E-state index is 0.179.